The fraction of sp³-hybridized carbons (Fsp3) is 1.00. The monoisotopic (exact) mass is 253 g/mol. The van der Waals surface area contributed by atoms with Gasteiger partial charge in [-0.2, -0.15) is 0 Å². The molecule has 0 aromatic heterocycles. The average Bonchev–Trinajstić information content (AvgIpc) is 2.74. The van der Waals surface area contributed by atoms with Crippen LogP contribution in [0.1, 0.15) is 45.4 Å². The van der Waals surface area contributed by atoms with Crippen LogP contribution in [0, 0.1) is 0 Å². The predicted molar refractivity (Wildman–Crippen MR) is 78.0 cm³/mol. The minimum atomic E-state index is 0.755. The Labute approximate surface area is 113 Å². The zero-order valence-corrected chi connectivity index (χ0v) is 12.3. The van der Waals surface area contributed by atoms with E-state index in [0.717, 1.165) is 12.1 Å². The van der Waals surface area contributed by atoms with Gasteiger partial charge in [0.05, 0.1) is 0 Å². The van der Waals surface area contributed by atoms with Gasteiger partial charge in [0.2, 0.25) is 0 Å². The Bertz CT molecular complexity index is 226. The van der Waals surface area contributed by atoms with E-state index < -0.39 is 0 Å². The van der Waals surface area contributed by atoms with Gasteiger partial charge in [-0.15, -0.1) is 0 Å². The first-order valence-electron chi connectivity index (χ1n) is 7.95. The maximum Gasteiger partial charge on any atom is 0.0195 e. The molecule has 2 unspecified atom stereocenters. The second kappa shape index (κ2) is 7.46. The molecule has 2 fully saturated rings. The largest absolute Gasteiger partial charge is 0.313 e. The molecule has 0 saturated carbocycles. The van der Waals surface area contributed by atoms with Crippen molar-refractivity contribution < 1.29 is 0 Å². The van der Waals surface area contributed by atoms with Crippen molar-refractivity contribution in [1.29, 1.82) is 0 Å². The van der Waals surface area contributed by atoms with E-state index in [1.165, 1.54) is 71.2 Å². The van der Waals surface area contributed by atoms with Gasteiger partial charge in [-0.05, 0) is 71.8 Å². The Balaban J connectivity index is 1.74. The molecule has 0 aromatic carbocycles. The molecular weight excluding hydrogens is 222 g/mol. The molecule has 2 atom stereocenters. The van der Waals surface area contributed by atoms with Gasteiger partial charge in [0.15, 0.2) is 0 Å². The van der Waals surface area contributed by atoms with Crippen LogP contribution in [0.3, 0.4) is 0 Å². The number of nitrogens with one attached hydrogen (secondary N) is 1. The second-order valence-electron chi connectivity index (χ2n) is 6.16. The molecule has 0 amide bonds. The molecule has 3 nitrogen and oxygen atoms in total. The van der Waals surface area contributed by atoms with E-state index in [1.807, 2.05) is 0 Å². The normalized spacial score (nSPS) is 30.8. The van der Waals surface area contributed by atoms with Crippen molar-refractivity contribution in [2.45, 2.75) is 57.5 Å². The van der Waals surface area contributed by atoms with Gasteiger partial charge >= 0.3 is 0 Å². The lowest BCUT2D eigenvalue weighted by atomic mass is 10.1. The van der Waals surface area contributed by atoms with Gasteiger partial charge in [-0.25, -0.2) is 0 Å². The first-order valence-corrected chi connectivity index (χ1v) is 7.95. The lowest BCUT2D eigenvalue weighted by molar-refractivity contribution is 0.199. The smallest absolute Gasteiger partial charge is 0.0195 e. The number of nitrogens with zero attached hydrogens (tertiary/aromatic N) is 2. The van der Waals surface area contributed by atoms with Crippen molar-refractivity contribution in [3.05, 3.63) is 0 Å². The third kappa shape index (κ3) is 4.22. The summed E-state index contributed by atoms with van der Waals surface area (Å²) in [6.45, 7) is 8.69. The van der Waals surface area contributed by atoms with Gasteiger partial charge < -0.3 is 15.1 Å². The Kier molecular flexibility index (Phi) is 5.93. The van der Waals surface area contributed by atoms with Crippen molar-refractivity contribution in [3.63, 3.8) is 0 Å². The van der Waals surface area contributed by atoms with Crippen molar-refractivity contribution in [3.8, 4) is 0 Å². The first kappa shape index (κ1) is 14.3. The summed E-state index contributed by atoms with van der Waals surface area (Å²) in [7, 11) is 2.33. The minimum Gasteiger partial charge on any atom is -0.313 e. The van der Waals surface area contributed by atoms with Crippen molar-refractivity contribution in [1.82, 2.24) is 15.1 Å². The molecule has 18 heavy (non-hydrogen) atoms. The van der Waals surface area contributed by atoms with Gasteiger partial charge in [-0.1, -0.05) is 6.92 Å². The van der Waals surface area contributed by atoms with Crippen LogP contribution in [-0.4, -0.2) is 61.7 Å². The third-order valence-electron chi connectivity index (χ3n) is 4.62. The van der Waals surface area contributed by atoms with Crippen molar-refractivity contribution in [2.24, 2.45) is 0 Å². The molecule has 0 spiro atoms. The summed E-state index contributed by atoms with van der Waals surface area (Å²) in [6.07, 6.45) is 8.18. The van der Waals surface area contributed by atoms with Crippen LogP contribution in [0.2, 0.25) is 0 Å². The van der Waals surface area contributed by atoms with E-state index in [2.05, 4.69) is 29.1 Å². The molecule has 0 aliphatic carbocycles. The molecular formula is C15H31N3. The molecule has 2 saturated heterocycles. The molecule has 2 heterocycles. The van der Waals surface area contributed by atoms with Crippen LogP contribution >= 0.6 is 0 Å². The van der Waals surface area contributed by atoms with Crippen molar-refractivity contribution in [2.75, 3.05) is 39.8 Å². The van der Waals surface area contributed by atoms with E-state index in [-0.39, 0.29) is 0 Å². The zero-order chi connectivity index (χ0) is 12.8. The maximum atomic E-state index is 3.62. The molecule has 0 radical (unpaired) electrons. The lowest BCUT2D eigenvalue weighted by Gasteiger charge is -2.29. The summed E-state index contributed by atoms with van der Waals surface area (Å²) in [5.74, 6) is 0. The fourth-order valence-electron chi connectivity index (χ4n) is 3.53. The summed E-state index contributed by atoms with van der Waals surface area (Å²) in [5.41, 5.74) is 0. The summed E-state index contributed by atoms with van der Waals surface area (Å²) >= 11 is 0. The van der Waals surface area contributed by atoms with Gasteiger partial charge in [-0.3, -0.25) is 0 Å². The molecule has 0 aromatic rings. The molecule has 2 rings (SSSR count). The number of rotatable bonds is 5. The molecule has 106 valence electrons. The topological polar surface area (TPSA) is 18.5 Å². The highest BCUT2D eigenvalue weighted by atomic mass is 15.2. The van der Waals surface area contributed by atoms with E-state index in [9.17, 15) is 0 Å². The molecule has 2 aliphatic rings. The molecule has 3 heteroatoms. The Morgan fingerprint density at radius 1 is 1.17 bits per heavy atom. The summed E-state index contributed by atoms with van der Waals surface area (Å²) in [5, 5.41) is 3.62. The maximum absolute atomic E-state index is 3.62. The summed E-state index contributed by atoms with van der Waals surface area (Å²) in [6, 6.07) is 1.57. The quantitative estimate of drug-likeness (QED) is 0.808. The van der Waals surface area contributed by atoms with E-state index in [1.54, 1.807) is 0 Å². The van der Waals surface area contributed by atoms with Crippen LogP contribution in [0.25, 0.3) is 0 Å². The van der Waals surface area contributed by atoms with E-state index in [4.69, 9.17) is 0 Å². The second-order valence-corrected chi connectivity index (χ2v) is 6.16. The van der Waals surface area contributed by atoms with Crippen LogP contribution < -0.4 is 5.32 Å². The van der Waals surface area contributed by atoms with Crippen molar-refractivity contribution >= 4 is 0 Å². The zero-order valence-electron chi connectivity index (χ0n) is 12.3. The van der Waals surface area contributed by atoms with Crippen LogP contribution in [0.4, 0.5) is 0 Å². The summed E-state index contributed by atoms with van der Waals surface area (Å²) < 4.78 is 0. The average molecular weight is 253 g/mol. The highest BCUT2D eigenvalue weighted by Gasteiger charge is 2.23. The molecule has 2 aliphatic heterocycles. The van der Waals surface area contributed by atoms with Gasteiger partial charge in [0, 0.05) is 18.6 Å². The number of likely N-dealkylation sites (tertiary alicyclic amines) is 1. The molecule has 1 N–H and O–H groups in total. The van der Waals surface area contributed by atoms with E-state index in [0.29, 0.717) is 0 Å². The number of hydrogen-bond donors (Lipinski definition) is 1. The Morgan fingerprint density at radius 3 is 2.78 bits per heavy atom. The predicted octanol–water partition coefficient (Wildman–Crippen LogP) is 1.93. The van der Waals surface area contributed by atoms with Gasteiger partial charge in [0.1, 0.15) is 0 Å². The SMILES string of the molecule is CCCN1CCCC(N(C)CC2CCCN2)CC1. The number of hydrogen-bond acceptors (Lipinski definition) is 3. The summed E-state index contributed by atoms with van der Waals surface area (Å²) in [4.78, 5) is 5.28. The highest BCUT2D eigenvalue weighted by molar-refractivity contribution is 4.82. The highest BCUT2D eigenvalue weighted by Crippen LogP contribution is 2.17. The van der Waals surface area contributed by atoms with E-state index >= 15 is 0 Å². The van der Waals surface area contributed by atoms with Crippen LogP contribution in [0.15, 0.2) is 0 Å². The lowest BCUT2D eigenvalue weighted by Crippen LogP contribution is -2.41. The fourth-order valence-corrected chi connectivity index (χ4v) is 3.53. The van der Waals surface area contributed by atoms with Gasteiger partial charge in [0.25, 0.3) is 0 Å². The minimum absolute atomic E-state index is 0.755. The third-order valence-corrected chi connectivity index (χ3v) is 4.62. The van der Waals surface area contributed by atoms with Crippen LogP contribution in [-0.2, 0) is 0 Å². The molecule has 0 bridgehead atoms. The number of likely N-dealkylation sites (N-methyl/N-ethyl adjacent to an activating group) is 1. The van der Waals surface area contributed by atoms with Crippen LogP contribution in [0.5, 0.6) is 0 Å². The standard InChI is InChI=1S/C15H31N3/c1-3-10-18-11-5-7-15(8-12-18)17(2)13-14-6-4-9-16-14/h14-16H,3-13H2,1-2H3. The Morgan fingerprint density at radius 2 is 2.06 bits per heavy atom. The Hall–Kier alpha value is -0.120. The first-order chi connectivity index (χ1) is 8.79.